The number of phenols is 4. The molecule has 1 aliphatic rings. The van der Waals surface area contributed by atoms with Gasteiger partial charge in [0.2, 0.25) is 6.23 Å². The Morgan fingerprint density at radius 2 is 1.77 bits per heavy atom. The fourth-order valence-electron chi connectivity index (χ4n) is 2.23. The molecule has 0 spiro atoms. The number of fused-ring (bicyclic) bond motifs is 1. The minimum Gasteiger partial charge on any atom is -0.508 e. The van der Waals surface area contributed by atoms with Gasteiger partial charge in [-0.25, -0.2) is 0 Å². The second-order valence-corrected chi connectivity index (χ2v) is 4.93. The van der Waals surface area contributed by atoms with Crippen LogP contribution < -0.4 is 10.1 Å². The van der Waals surface area contributed by atoms with Crippen molar-refractivity contribution in [3.8, 4) is 28.7 Å². The van der Waals surface area contributed by atoms with E-state index in [9.17, 15) is 25.2 Å². The first-order valence-electron chi connectivity index (χ1n) is 6.47. The molecule has 1 unspecified atom stereocenters. The third-order valence-corrected chi connectivity index (χ3v) is 3.33. The van der Waals surface area contributed by atoms with E-state index in [2.05, 4.69) is 5.32 Å². The van der Waals surface area contributed by atoms with Crippen LogP contribution in [0.4, 0.5) is 5.69 Å². The zero-order valence-electron chi connectivity index (χ0n) is 11.3. The second kappa shape index (κ2) is 5.03. The third-order valence-electron chi connectivity index (χ3n) is 3.33. The predicted octanol–water partition coefficient (Wildman–Crippen LogP) is 1.45. The van der Waals surface area contributed by atoms with E-state index in [0.717, 1.165) is 6.07 Å². The first-order chi connectivity index (χ1) is 10.4. The van der Waals surface area contributed by atoms with Crippen molar-refractivity contribution in [3.63, 3.8) is 0 Å². The molecule has 5 N–H and O–H groups in total. The van der Waals surface area contributed by atoms with Gasteiger partial charge in [-0.1, -0.05) is 0 Å². The number of Topliss-reactive ketones (excluding diaryl/α,β-unsaturated/α-hetero) is 1. The normalized spacial score (nSPS) is 16.7. The SMILES string of the molecule is O=C1Cc2c(O)cc(O)cc2OC1Nc1ccc(O)c(O)c1. The molecule has 1 atom stereocenters. The maximum Gasteiger partial charge on any atom is 0.229 e. The number of rotatable bonds is 2. The van der Waals surface area contributed by atoms with E-state index in [0.29, 0.717) is 11.3 Å². The molecule has 0 saturated heterocycles. The van der Waals surface area contributed by atoms with Gasteiger partial charge in [0.25, 0.3) is 0 Å². The predicted molar refractivity (Wildman–Crippen MR) is 76.3 cm³/mol. The van der Waals surface area contributed by atoms with E-state index >= 15 is 0 Å². The topological polar surface area (TPSA) is 119 Å². The monoisotopic (exact) mass is 303 g/mol. The molecular formula is C15H13NO6. The number of anilines is 1. The van der Waals surface area contributed by atoms with Crippen LogP contribution in [0, 0.1) is 0 Å². The molecule has 0 fully saturated rings. The summed E-state index contributed by atoms with van der Waals surface area (Å²) in [7, 11) is 0. The number of hydrogen-bond donors (Lipinski definition) is 5. The highest BCUT2D eigenvalue weighted by Gasteiger charge is 2.30. The van der Waals surface area contributed by atoms with E-state index in [1.54, 1.807) is 0 Å². The minimum absolute atomic E-state index is 0.0524. The number of ether oxygens (including phenoxy) is 1. The average molecular weight is 303 g/mol. The van der Waals surface area contributed by atoms with Crippen molar-refractivity contribution in [2.24, 2.45) is 0 Å². The van der Waals surface area contributed by atoms with Gasteiger partial charge in [-0.05, 0) is 12.1 Å². The lowest BCUT2D eigenvalue weighted by atomic mass is 10.0. The van der Waals surface area contributed by atoms with Crippen LogP contribution in [0.1, 0.15) is 5.56 Å². The smallest absolute Gasteiger partial charge is 0.229 e. The molecular weight excluding hydrogens is 290 g/mol. The summed E-state index contributed by atoms with van der Waals surface area (Å²) >= 11 is 0. The Bertz CT molecular complexity index is 758. The largest absolute Gasteiger partial charge is 0.508 e. The van der Waals surface area contributed by atoms with Crippen molar-refractivity contribution in [2.45, 2.75) is 12.6 Å². The van der Waals surface area contributed by atoms with Gasteiger partial charge in [0.05, 0.1) is 0 Å². The summed E-state index contributed by atoms with van der Waals surface area (Å²) in [5.41, 5.74) is 0.691. The number of hydrogen-bond acceptors (Lipinski definition) is 7. The zero-order chi connectivity index (χ0) is 15.9. The van der Waals surface area contributed by atoms with Crippen LogP contribution in [0.3, 0.4) is 0 Å². The van der Waals surface area contributed by atoms with Crippen molar-refractivity contribution in [3.05, 3.63) is 35.9 Å². The van der Waals surface area contributed by atoms with Crippen LogP contribution in [-0.2, 0) is 11.2 Å². The molecule has 1 aliphatic heterocycles. The van der Waals surface area contributed by atoms with Crippen LogP contribution >= 0.6 is 0 Å². The summed E-state index contributed by atoms with van der Waals surface area (Å²) < 4.78 is 5.46. The Balaban J connectivity index is 1.86. The Morgan fingerprint density at radius 3 is 2.50 bits per heavy atom. The lowest BCUT2D eigenvalue weighted by molar-refractivity contribution is -0.125. The van der Waals surface area contributed by atoms with Gasteiger partial charge in [0.1, 0.15) is 17.2 Å². The van der Waals surface area contributed by atoms with Crippen molar-refractivity contribution in [2.75, 3.05) is 5.32 Å². The third kappa shape index (κ3) is 2.44. The summed E-state index contributed by atoms with van der Waals surface area (Å²) in [6.45, 7) is 0. The number of nitrogens with one attached hydrogen (secondary N) is 1. The van der Waals surface area contributed by atoms with E-state index in [1.165, 1.54) is 24.3 Å². The molecule has 0 saturated carbocycles. The molecule has 1 heterocycles. The molecule has 7 heteroatoms. The molecule has 2 aromatic rings. The molecule has 3 rings (SSSR count). The highest BCUT2D eigenvalue weighted by Crippen LogP contribution is 2.37. The first kappa shape index (κ1) is 13.9. The van der Waals surface area contributed by atoms with Crippen molar-refractivity contribution in [1.82, 2.24) is 0 Å². The molecule has 2 aromatic carbocycles. The molecule has 0 bridgehead atoms. The molecule has 22 heavy (non-hydrogen) atoms. The number of aromatic hydroxyl groups is 4. The minimum atomic E-state index is -1.03. The van der Waals surface area contributed by atoms with Gasteiger partial charge >= 0.3 is 0 Å². The fraction of sp³-hybridized carbons (Fsp3) is 0.133. The van der Waals surface area contributed by atoms with Gasteiger partial charge < -0.3 is 30.5 Å². The van der Waals surface area contributed by atoms with Crippen LogP contribution in [0.15, 0.2) is 30.3 Å². The maximum absolute atomic E-state index is 12.1. The molecule has 0 amide bonds. The summed E-state index contributed by atoms with van der Waals surface area (Å²) in [5, 5.41) is 40.7. The van der Waals surface area contributed by atoms with Crippen molar-refractivity contribution in [1.29, 1.82) is 0 Å². The quantitative estimate of drug-likeness (QED) is 0.421. The zero-order valence-corrected chi connectivity index (χ0v) is 11.3. The van der Waals surface area contributed by atoms with Crippen LogP contribution in [-0.4, -0.2) is 32.4 Å². The molecule has 0 aliphatic carbocycles. The summed E-state index contributed by atoms with van der Waals surface area (Å²) in [5.74, 6) is -1.10. The summed E-state index contributed by atoms with van der Waals surface area (Å²) in [6, 6.07) is 6.45. The summed E-state index contributed by atoms with van der Waals surface area (Å²) in [4.78, 5) is 12.1. The van der Waals surface area contributed by atoms with Crippen LogP contribution in [0.25, 0.3) is 0 Å². The maximum atomic E-state index is 12.1. The highest BCUT2D eigenvalue weighted by molar-refractivity contribution is 5.90. The van der Waals surface area contributed by atoms with Crippen molar-refractivity contribution < 1.29 is 30.0 Å². The Morgan fingerprint density at radius 1 is 1.00 bits per heavy atom. The van der Waals surface area contributed by atoms with Gasteiger partial charge in [0.15, 0.2) is 17.3 Å². The van der Waals surface area contributed by atoms with Gasteiger partial charge in [-0.15, -0.1) is 0 Å². The fourth-order valence-corrected chi connectivity index (χ4v) is 2.23. The van der Waals surface area contributed by atoms with E-state index in [4.69, 9.17) is 4.74 Å². The number of ketones is 1. The highest BCUT2D eigenvalue weighted by atomic mass is 16.5. The van der Waals surface area contributed by atoms with Gasteiger partial charge in [-0.2, -0.15) is 0 Å². The van der Waals surface area contributed by atoms with Gasteiger partial charge in [0, 0.05) is 35.9 Å². The molecule has 0 aromatic heterocycles. The van der Waals surface area contributed by atoms with Crippen LogP contribution in [0.2, 0.25) is 0 Å². The van der Waals surface area contributed by atoms with E-state index < -0.39 is 6.23 Å². The summed E-state index contributed by atoms with van der Waals surface area (Å²) in [6.07, 6.45) is -1.08. The first-order valence-corrected chi connectivity index (χ1v) is 6.47. The van der Waals surface area contributed by atoms with Crippen molar-refractivity contribution >= 4 is 11.5 Å². The average Bonchev–Trinajstić information content (AvgIpc) is 2.45. The van der Waals surface area contributed by atoms with E-state index in [1.807, 2.05) is 0 Å². The Hall–Kier alpha value is -3.09. The van der Waals surface area contributed by atoms with E-state index in [-0.39, 0.29) is 41.0 Å². The standard InChI is InChI=1S/C15H13NO6/c17-8-4-11(19)9-6-13(21)15(22-14(9)5-8)16-7-1-2-10(18)12(20)3-7/h1-5,15-20H,6H2. The number of phenolic OH excluding ortho intramolecular Hbond substituents is 4. The van der Waals surface area contributed by atoms with Crippen LogP contribution in [0.5, 0.6) is 28.7 Å². The lowest BCUT2D eigenvalue weighted by Crippen LogP contribution is -2.39. The van der Waals surface area contributed by atoms with Gasteiger partial charge in [-0.3, -0.25) is 4.79 Å². The molecule has 7 nitrogen and oxygen atoms in total. The second-order valence-electron chi connectivity index (χ2n) is 4.93. The number of carbonyl (C=O) groups is 1. The Labute approximate surface area is 125 Å². The lowest BCUT2D eigenvalue weighted by Gasteiger charge is -2.26. The molecule has 0 radical (unpaired) electrons. The Kier molecular flexibility index (Phi) is 3.17. The number of carbonyl (C=O) groups excluding carboxylic acids is 1. The number of benzene rings is 2. The molecule has 114 valence electrons.